The number of hydrogen-bond acceptors (Lipinski definition) is 4. The van der Waals surface area contributed by atoms with Gasteiger partial charge >= 0.3 is 0 Å². The number of rotatable bonds is 1. The highest BCUT2D eigenvalue weighted by atomic mass is 16.4. The smallest absolute Gasteiger partial charge is 0.235 e. The summed E-state index contributed by atoms with van der Waals surface area (Å²) in [4.78, 5) is 3.81. The second-order valence-corrected chi connectivity index (χ2v) is 1.71. The molecule has 50 valence electrons. The number of oxazole rings is 1. The molecule has 0 aliphatic carbocycles. The summed E-state index contributed by atoms with van der Waals surface area (Å²) in [5.41, 5.74) is 10.5. The summed E-state index contributed by atoms with van der Waals surface area (Å²) >= 11 is 0. The van der Waals surface area contributed by atoms with Gasteiger partial charge in [0.1, 0.15) is 0 Å². The first kappa shape index (κ1) is 5.94. The van der Waals surface area contributed by atoms with E-state index in [1.54, 1.807) is 0 Å². The van der Waals surface area contributed by atoms with E-state index in [0.29, 0.717) is 5.89 Å². The van der Waals surface area contributed by atoms with Gasteiger partial charge in [-0.05, 0) is 0 Å². The van der Waals surface area contributed by atoms with E-state index in [1.807, 2.05) is 6.92 Å². The highest BCUT2D eigenvalue weighted by Crippen LogP contribution is 2.14. The number of hydrogen-bond donors (Lipinski definition) is 2. The molecule has 0 bridgehead atoms. The number of nitrogen functional groups attached to an aromatic ring is 2. The predicted octanol–water partition coefficient (Wildman–Crippen LogP) is 0.401. The van der Waals surface area contributed by atoms with Crippen molar-refractivity contribution in [3.8, 4) is 0 Å². The van der Waals surface area contributed by atoms with Gasteiger partial charge in [-0.2, -0.15) is 4.98 Å². The number of anilines is 2. The van der Waals surface area contributed by atoms with Crippen LogP contribution in [0.15, 0.2) is 4.42 Å². The topological polar surface area (TPSA) is 78.1 Å². The zero-order valence-electron chi connectivity index (χ0n) is 5.22. The van der Waals surface area contributed by atoms with Crippen molar-refractivity contribution in [2.24, 2.45) is 0 Å². The summed E-state index contributed by atoms with van der Waals surface area (Å²) in [5, 5.41) is 0. The van der Waals surface area contributed by atoms with Crippen LogP contribution in [0.1, 0.15) is 12.8 Å². The molecule has 0 unspecified atom stereocenters. The maximum atomic E-state index is 5.29. The molecule has 0 atom stereocenters. The largest absolute Gasteiger partial charge is 0.423 e. The second-order valence-electron chi connectivity index (χ2n) is 1.71. The highest BCUT2D eigenvalue weighted by Gasteiger charge is 2.02. The van der Waals surface area contributed by atoms with E-state index >= 15 is 0 Å². The third-order valence-corrected chi connectivity index (χ3v) is 1.03. The van der Waals surface area contributed by atoms with Gasteiger partial charge in [-0.3, -0.25) is 0 Å². The van der Waals surface area contributed by atoms with E-state index in [2.05, 4.69) is 4.98 Å². The Kier molecular flexibility index (Phi) is 1.30. The van der Waals surface area contributed by atoms with Crippen LogP contribution in [0.2, 0.25) is 0 Å². The van der Waals surface area contributed by atoms with Gasteiger partial charge in [-0.15, -0.1) is 0 Å². The molecule has 1 rings (SSSR count). The van der Waals surface area contributed by atoms with Crippen LogP contribution in [0.4, 0.5) is 11.7 Å². The first-order valence-electron chi connectivity index (χ1n) is 2.74. The van der Waals surface area contributed by atoms with Crippen molar-refractivity contribution < 1.29 is 4.42 Å². The molecule has 4 nitrogen and oxygen atoms in total. The molecule has 0 radical (unpaired) electrons. The molecule has 0 spiro atoms. The molecule has 1 aromatic rings. The summed E-state index contributed by atoms with van der Waals surface area (Å²) < 4.78 is 4.91. The van der Waals surface area contributed by atoms with E-state index in [4.69, 9.17) is 15.9 Å². The molecule has 1 aromatic heterocycles. The van der Waals surface area contributed by atoms with Crippen molar-refractivity contribution in [3.63, 3.8) is 0 Å². The fraction of sp³-hybridized carbons (Fsp3) is 0.400. The minimum absolute atomic E-state index is 0.215. The lowest BCUT2D eigenvalue weighted by atomic mass is 10.5. The molecule has 0 amide bonds. The Morgan fingerprint density at radius 1 is 1.56 bits per heavy atom. The minimum atomic E-state index is 0.215. The van der Waals surface area contributed by atoms with Crippen LogP contribution in [0.5, 0.6) is 0 Å². The van der Waals surface area contributed by atoms with Crippen LogP contribution in [0, 0.1) is 0 Å². The summed E-state index contributed by atoms with van der Waals surface area (Å²) in [5.74, 6) is 1.09. The van der Waals surface area contributed by atoms with Gasteiger partial charge < -0.3 is 15.9 Å². The minimum Gasteiger partial charge on any atom is -0.423 e. The Labute approximate surface area is 52.9 Å². The van der Waals surface area contributed by atoms with Gasteiger partial charge in [0.15, 0.2) is 11.7 Å². The highest BCUT2D eigenvalue weighted by molar-refractivity contribution is 5.49. The zero-order chi connectivity index (χ0) is 6.85. The van der Waals surface area contributed by atoms with Gasteiger partial charge in [-0.25, -0.2) is 0 Å². The number of nitrogens with zero attached hydrogens (tertiary/aromatic N) is 1. The van der Waals surface area contributed by atoms with E-state index in [0.717, 1.165) is 6.42 Å². The third-order valence-electron chi connectivity index (χ3n) is 1.03. The Balaban J connectivity index is 2.98. The summed E-state index contributed by atoms with van der Waals surface area (Å²) in [6.07, 6.45) is 0.724. The molecular formula is C5H9N3O. The fourth-order valence-corrected chi connectivity index (χ4v) is 0.543. The van der Waals surface area contributed by atoms with Gasteiger partial charge in [0.25, 0.3) is 0 Å². The zero-order valence-corrected chi connectivity index (χ0v) is 5.22. The van der Waals surface area contributed by atoms with Crippen LogP contribution >= 0.6 is 0 Å². The molecule has 4 heteroatoms. The molecule has 0 saturated carbocycles. The molecule has 4 N–H and O–H groups in total. The first-order valence-corrected chi connectivity index (χ1v) is 2.74. The number of aromatic nitrogens is 1. The molecule has 0 aromatic carbocycles. The van der Waals surface area contributed by atoms with E-state index in [1.165, 1.54) is 0 Å². The predicted molar refractivity (Wildman–Crippen MR) is 34.7 cm³/mol. The maximum Gasteiger partial charge on any atom is 0.235 e. The van der Waals surface area contributed by atoms with Crippen LogP contribution in [0.3, 0.4) is 0 Å². The molecule has 0 saturated heterocycles. The molecule has 0 fully saturated rings. The summed E-state index contributed by atoms with van der Waals surface area (Å²) in [7, 11) is 0. The van der Waals surface area contributed by atoms with Crippen LogP contribution in [0.25, 0.3) is 0 Å². The SMILES string of the molecule is CCc1nc(N)c(N)o1. The first-order chi connectivity index (χ1) is 4.24. The number of aryl methyl sites for hydroxylation is 1. The Morgan fingerprint density at radius 2 is 2.22 bits per heavy atom. The van der Waals surface area contributed by atoms with E-state index in [9.17, 15) is 0 Å². The van der Waals surface area contributed by atoms with Gasteiger partial charge in [-0.1, -0.05) is 6.92 Å². The lowest BCUT2D eigenvalue weighted by Gasteiger charge is -1.80. The van der Waals surface area contributed by atoms with Crippen molar-refractivity contribution in [2.45, 2.75) is 13.3 Å². The Hall–Kier alpha value is -1.19. The fourth-order valence-electron chi connectivity index (χ4n) is 0.543. The van der Waals surface area contributed by atoms with Crippen LogP contribution in [-0.2, 0) is 6.42 Å². The Bertz CT molecular complexity index is 186. The molecule has 9 heavy (non-hydrogen) atoms. The lowest BCUT2D eigenvalue weighted by Crippen LogP contribution is -1.90. The Morgan fingerprint density at radius 3 is 2.44 bits per heavy atom. The van der Waals surface area contributed by atoms with Crippen LogP contribution in [-0.4, -0.2) is 4.98 Å². The van der Waals surface area contributed by atoms with Gasteiger partial charge in [0.05, 0.1) is 0 Å². The van der Waals surface area contributed by atoms with Crippen LogP contribution < -0.4 is 11.5 Å². The lowest BCUT2D eigenvalue weighted by molar-refractivity contribution is 0.518. The quantitative estimate of drug-likeness (QED) is 0.572. The maximum absolute atomic E-state index is 5.29. The summed E-state index contributed by atoms with van der Waals surface area (Å²) in [6, 6.07) is 0. The second kappa shape index (κ2) is 1.97. The molecular weight excluding hydrogens is 118 g/mol. The van der Waals surface area contributed by atoms with E-state index < -0.39 is 0 Å². The van der Waals surface area contributed by atoms with Crippen molar-refractivity contribution in [2.75, 3.05) is 11.5 Å². The van der Waals surface area contributed by atoms with Crippen molar-refractivity contribution in [1.82, 2.24) is 4.98 Å². The average Bonchev–Trinajstić information content (AvgIpc) is 2.13. The standard InChI is InChI=1S/C5H9N3O/c1-2-3-8-4(6)5(7)9-3/h2,6-7H2,1H3. The molecule has 0 aliphatic heterocycles. The third kappa shape index (κ3) is 0.960. The van der Waals surface area contributed by atoms with E-state index in [-0.39, 0.29) is 11.7 Å². The van der Waals surface area contributed by atoms with Gasteiger partial charge in [0.2, 0.25) is 5.88 Å². The molecule has 0 aliphatic rings. The average molecular weight is 127 g/mol. The normalized spacial score (nSPS) is 9.89. The van der Waals surface area contributed by atoms with Crippen molar-refractivity contribution >= 4 is 11.7 Å². The van der Waals surface area contributed by atoms with Crippen molar-refractivity contribution in [3.05, 3.63) is 5.89 Å². The summed E-state index contributed by atoms with van der Waals surface area (Å²) in [6.45, 7) is 1.92. The monoisotopic (exact) mass is 127 g/mol. The van der Waals surface area contributed by atoms with Gasteiger partial charge in [0, 0.05) is 6.42 Å². The number of nitrogens with two attached hydrogens (primary N) is 2. The van der Waals surface area contributed by atoms with Crippen molar-refractivity contribution in [1.29, 1.82) is 0 Å². The molecule has 1 heterocycles.